The molecule has 0 spiro atoms. The first-order valence-corrected chi connectivity index (χ1v) is 12.3. The summed E-state index contributed by atoms with van der Waals surface area (Å²) in [5, 5.41) is 20.4. The third-order valence-electron chi connectivity index (χ3n) is 6.71. The zero-order chi connectivity index (χ0) is 22.3. The van der Waals surface area contributed by atoms with Crippen LogP contribution in [0.5, 0.6) is 0 Å². The topological polar surface area (TPSA) is 95.0 Å². The molecule has 7 nitrogen and oxygen atoms in total. The molecule has 2 fully saturated rings. The van der Waals surface area contributed by atoms with Crippen molar-refractivity contribution in [2.24, 2.45) is 5.92 Å². The lowest BCUT2D eigenvalue weighted by molar-refractivity contribution is 0.126. The Morgan fingerprint density at radius 2 is 1.97 bits per heavy atom. The molecule has 1 aliphatic heterocycles. The number of hydrogen-bond acceptors (Lipinski definition) is 7. The van der Waals surface area contributed by atoms with Crippen LogP contribution in [0.15, 0.2) is 24.5 Å². The van der Waals surface area contributed by atoms with Gasteiger partial charge < -0.3 is 21.1 Å². The van der Waals surface area contributed by atoms with E-state index in [0.717, 1.165) is 75.1 Å². The first-order chi connectivity index (χ1) is 15.6. The van der Waals surface area contributed by atoms with Crippen LogP contribution in [0.1, 0.15) is 64.4 Å². The predicted octanol–water partition coefficient (Wildman–Crippen LogP) is 4.01. The highest BCUT2D eigenvalue weighted by Gasteiger charge is 2.22. The number of aromatic nitrogens is 3. The van der Waals surface area contributed by atoms with Gasteiger partial charge in [-0.05, 0) is 82.5 Å². The average molecular weight is 439 g/mol. The van der Waals surface area contributed by atoms with Crippen LogP contribution in [-0.2, 0) is 6.42 Å². The third kappa shape index (κ3) is 6.17. The Bertz CT molecular complexity index is 844. The first kappa shape index (κ1) is 22.9. The van der Waals surface area contributed by atoms with Crippen LogP contribution in [0.4, 0.5) is 11.8 Å². The highest BCUT2D eigenvalue weighted by molar-refractivity contribution is 5.73. The number of nitrogens with one attached hydrogen (secondary N) is 3. The van der Waals surface area contributed by atoms with Gasteiger partial charge in [-0.3, -0.25) is 4.98 Å². The standard InChI is InChI=1S/C25H38N6O/c1-3-4-17(2)29-25-28-16-22(24(31-25)30-20-6-8-21(32)9-7-20)23-10-5-18(15-27-23)13-19-11-12-26-14-19/h5,10,15-17,19-21,26,32H,3-4,6-9,11-14H2,1-2H3,(H2,28,29,30,31)/t17-,19?,20-,21-/m0/s1. The van der Waals surface area contributed by atoms with Crippen LogP contribution in [0.3, 0.4) is 0 Å². The van der Waals surface area contributed by atoms with Crippen molar-refractivity contribution in [3.05, 3.63) is 30.1 Å². The SMILES string of the molecule is CCC[C@H](C)Nc1ncc(-c2ccc(CC3CCNC3)cn2)c(N[C@H]2CC[C@H](O)CC2)n1. The highest BCUT2D eigenvalue weighted by Crippen LogP contribution is 2.29. The minimum absolute atomic E-state index is 0.172. The molecule has 0 bridgehead atoms. The lowest BCUT2D eigenvalue weighted by Gasteiger charge is -2.27. The normalized spacial score (nSPS) is 24.3. The van der Waals surface area contributed by atoms with Gasteiger partial charge in [0.25, 0.3) is 0 Å². The molecule has 7 heteroatoms. The fourth-order valence-electron chi connectivity index (χ4n) is 4.81. The summed E-state index contributed by atoms with van der Waals surface area (Å²) in [4.78, 5) is 14.2. The molecule has 0 radical (unpaired) electrons. The third-order valence-corrected chi connectivity index (χ3v) is 6.71. The number of rotatable bonds is 9. The largest absolute Gasteiger partial charge is 0.393 e. The fourth-order valence-corrected chi connectivity index (χ4v) is 4.81. The van der Waals surface area contributed by atoms with Gasteiger partial charge in [0.1, 0.15) is 5.82 Å². The van der Waals surface area contributed by atoms with Gasteiger partial charge in [-0.1, -0.05) is 19.4 Å². The molecule has 174 valence electrons. The number of aliphatic hydroxyl groups excluding tert-OH is 1. The van der Waals surface area contributed by atoms with Crippen LogP contribution < -0.4 is 16.0 Å². The molecule has 2 atom stereocenters. The quantitative estimate of drug-likeness (QED) is 0.470. The summed E-state index contributed by atoms with van der Waals surface area (Å²) in [6.45, 7) is 6.57. The lowest BCUT2D eigenvalue weighted by atomic mass is 9.93. The fraction of sp³-hybridized carbons (Fsp3) is 0.640. The zero-order valence-electron chi connectivity index (χ0n) is 19.5. The lowest BCUT2D eigenvalue weighted by Crippen LogP contribution is -2.29. The Morgan fingerprint density at radius 1 is 1.12 bits per heavy atom. The summed E-state index contributed by atoms with van der Waals surface area (Å²) < 4.78 is 0. The van der Waals surface area contributed by atoms with Crippen molar-refractivity contribution < 1.29 is 5.11 Å². The van der Waals surface area contributed by atoms with E-state index in [9.17, 15) is 5.11 Å². The zero-order valence-corrected chi connectivity index (χ0v) is 19.5. The van der Waals surface area contributed by atoms with E-state index in [2.05, 4.69) is 46.9 Å². The Hall–Kier alpha value is -2.25. The Morgan fingerprint density at radius 3 is 2.66 bits per heavy atom. The Labute approximate surface area is 191 Å². The number of anilines is 2. The maximum Gasteiger partial charge on any atom is 0.224 e. The van der Waals surface area contributed by atoms with Gasteiger partial charge in [-0.15, -0.1) is 0 Å². The van der Waals surface area contributed by atoms with Gasteiger partial charge in [0, 0.05) is 24.5 Å². The molecule has 2 aliphatic rings. The summed E-state index contributed by atoms with van der Waals surface area (Å²) in [7, 11) is 0. The first-order valence-electron chi connectivity index (χ1n) is 12.3. The molecule has 2 aromatic rings. The molecule has 3 heterocycles. The molecule has 1 unspecified atom stereocenters. The van der Waals surface area contributed by atoms with Gasteiger partial charge in [-0.25, -0.2) is 4.98 Å². The summed E-state index contributed by atoms with van der Waals surface area (Å²) in [5.41, 5.74) is 3.11. The van der Waals surface area contributed by atoms with Crippen molar-refractivity contribution >= 4 is 11.8 Å². The molecule has 0 amide bonds. The van der Waals surface area contributed by atoms with Gasteiger partial charge in [-0.2, -0.15) is 4.98 Å². The monoisotopic (exact) mass is 438 g/mol. The summed E-state index contributed by atoms with van der Waals surface area (Å²) in [6.07, 6.45) is 11.8. The average Bonchev–Trinajstić information content (AvgIpc) is 3.30. The van der Waals surface area contributed by atoms with E-state index in [0.29, 0.717) is 23.9 Å². The Balaban J connectivity index is 1.53. The van der Waals surface area contributed by atoms with E-state index in [1.54, 1.807) is 0 Å². The number of nitrogens with zero attached hydrogens (tertiary/aromatic N) is 3. The minimum Gasteiger partial charge on any atom is -0.393 e. The van der Waals surface area contributed by atoms with Crippen LogP contribution in [-0.4, -0.2) is 51.3 Å². The van der Waals surface area contributed by atoms with E-state index in [1.165, 1.54) is 12.0 Å². The Kier molecular flexibility index (Phi) is 7.92. The van der Waals surface area contributed by atoms with E-state index >= 15 is 0 Å². The van der Waals surface area contributed by atoms with Crippen LogP contribution >= 0.6 is 0 Å². The summed E-state index contributed by atoms with van der Waals surface area (Å²) in [5.74, 6) is 2.19. The predicted molar refractivity (Wildman–Crippen MR) is 130 cm³/mol. The van der Waals surface area contributed by atoms with Crippen molar-refractivity contribution in [2.45, 2.75) is 83.4 Å². The van der Waals surface area contributed by atoms with Crippen LogP contribution in [0.2, 0.25) is 0 Å². The van der Waals surface area contributed by atoms with Gasteiger partial charge in [0.05, 0.1) is 17.4 Å². The number of aliphatic hydroxyl groups is 1. The molecule has 4 rings (SSSR count). The van der Waals surface area contributed by atoms with E-state index in [1.807, 2.05) is 12.4 Å². The van der Waals surface area contributed by atoms with Gasteiger partial charge in [0.15, 0.2) is 0 Å². The summed E-state index contributed by atoms with van der Waals surface area (Å²) >= 11 is 0. The molecule has 1 aliphatic carbocycles. The minimum atomic E-state index is -0.172. The highest BCUT2D eigenvalue weighted by atomic mass is 16.3. The summed E-state index contributed by atoms with van der Waals surface area (Å²) in [6, 6.07) is 4.92. The van der Waals surface area contributed by atoms with Crippen molar-refractivity contribution in [3.63, 3.8) is 0 Å². The molecule has 2 aromatic heterocycles. The molecule has 32 heavy (non-hydrogen) atoms. The van der Waals surface area contributed by atoms with Crippen molar-refractivity contribution in [1.29, 1.82) is 0 Å². The molecule has 1 saturated carbocycles. The van der Waals surface area contributed by atoms with Crippen LogP contribution in [0, 0.1) is 5.92 Å². The maximum atomic E-state index is 9.87. The van der Waals surface area contributed by atoms with Gasteiger partial charge >= 0.3 is 0 Å². The molecule has 4 N–H and O–H groups in total. The van der Waals surface area contributed by atoms with E-state index in [4.69, 9.17) is 9.97 Å². The molecule has 0 aromatic carbocycles. The maximum absolute atomic E-state index is 9.87. The van der Waals surface area contributed by atoms with E-state index < -0.39 is 0 Å². The van der Waals surface area contributed by atoms with Crippen molar-refractivity contribution in [1.82, 2.24) is 20.3 Å². The number of pyridine rings is 1. The molecular formula is C25H38N6O. The molecular weight excluding hydrogens is 400 g/mol. The number of hydrogen-bond donors (Lipinski definition) is 4. The smallest absolute Gasteiger partial charge is 0.224 e. The second kappa shape index (κ2) is 11.1. The van der Waals surface area contributed by atoms with E-state index in [-0.39, 0.29) is 6.10 Å². The van der Waals surface area contributed by atoms with Crippen LogP contribution in [0.25, 0.3) is 11.3 Å². The second-order valence-electron chi connectivity index (χ2n) is 9.55. The second-order valence-corrected chi connectivity index (χ2v) is 9.55. The van der Waals surface area contributed by atoms with Gasteiger partial charge in [0.2, 0.25) is 5.95 Å². The molecule has 1 saturated heterocycles. The van der Waals surface area contributed by atoms with Crippen molar-refractivity contribution in [3.8, 4) is 11.3 Å². The van der Waals surface area contributed by atoms with Crippen molar-refractivity contribution in [2.75, 3.05) is 23.7 Å².